The van der Waals surface area contributed by atoms with Crippen LogP contribution in [0.4, 0.5) is 10.2 Å². The van der Waals surface area contributed by atoms with E-state index in [-0.39, 0.29) is 5.69 Å². The van der Waals surface area contributed by atoms with Gasteiger partial charge in [-0.15, -0.1) is 0 Å². The van der Waals surface area contributed by atoms with Crippen molar-refractivity contribution in [2.75, 3.05) is 12.8 Å². The van der Waals surface area contributed by atoms with Crippen molar-refractivity contribution in [3.63, 3.8) is 0 Å². The first-order valence-corrected chi connectivity index (χ1v) is 9.73. The monoisotopic (exact) mass is 416 g/mol. The number of pyridine rings is 2. The lowest BCUT2D eigenvalue weighted by atomic mass is 9.97. The maximum atomic E-state index is 14.8. The standard InChI is InChI=1S/C24H21FN4O2/c1-31-16-7-9-17(20(25)12-16)19-13-22(24(27)30)29-21-11-14(5-8-18(19)21)4-6-15-3-2-10-28-23(15)26/h2-3,5,7-13H,4,6H2,1H3,(H2,26,28)(H2,27,30). The van der Waals surface area contributed by atoms with E-state index in [2.05, 4.69) is 9.97 Å². The van der Waals surface area contributed by atoms with E-state index in [0.717, 1.165) is 16.5 Å². The molecule has 2 heterocycles. The second kappa shape index (κ2) is 8.39. The number of amides is 1. The zero-order valence-electron chi connectivity index (χ0n) is 16.9. The van der Waals surface area contributed by atoms with Crippen molar-refractivity contribution in [3.05, 3.63) is 83.4 Å². The Morgan fingerprint density at radius 1 is 1.06 bits per heavy atom. The third-order valence-corrected chi connectivity index (χ3v) is 5.20. The first-order valence-electron chi connectivity index (χ1n) is 9.73. The molecule has 0 atom stereocenters. The van der Waals surface area contributed by atoms with Crippen LogP contribution in [-0.2, 0) is 12.8 Å². The number of methoxy groups -OCH3 is 1. The van der Waals surface area contributed by atoms with Gasteiger partial charge < -0.3 is 16.2 Å². The number of aromatic nitrogens is 2. The fraction of sp³-hybridized carbons (Fsp3) is 0.125. The molecule has 6 nitrogen and oxygen atoms in total. The number of nitrogens with two attached hydrogens (primary N) is 2. The molecular weight excluding hydrogens is 395 g/mol. The lowest BCUT2D eigenvalue weighted by Gasteiger charge is -2.12. The minimum atomic E-state index is -0.675. The molecule has 4 N–H and O–H groups in total. The Kier molecular flexibility index (Phi) is 5.49. The van der Waals surface area contributed by atoms with E-state index in [0.29, 0.717) is 41.1 Å². The van der Waals surface area contributed by atoms with Gasteiger partial charge in [-0.1, -0.05) is 18.2 Å². The van der Waals surface area contributed by atoms with Crippen molar-refractivity contribution in [3.8, 4) is 16.9 Å². The molecule has 156 valence electrons. The van der Waals surface area contributed by atoms with Crippen LogP contribution in [0.2, 0.25) is 0 Å². The van der Waals surface area contributed by atoms with Gasteiger partial charge in [-0.05, 0) is 59.9 Å². The third kappa shape index (κ3) is 4.16. The minimum Gasteiger partial charge on any atom is -0.497 e. The maximum Gasteiger partial charge on any atom is 0.267 e. The van der Waals surface area contributed by atoms with Gasteiger partial charge >= 0.3 is 0 Å². The lowest BCUT2D eigenvalue weighted by Crippen LogP contribution is -2.13. The summed E-state index contributed by atoms with van der Waals surface area (Å²) >= 11 is 0. The molecule has 2 aromatic heterocycles. The lowest BCUT2D eigenvalue weighted by molar-refractivity contribution is 0.0996. The number of primary amides is 1. The smallest absolute Gasteiger partial charge is 0.267 e. The topological polar surface area (TPSA) is 104 Å². The Hall–Kier alpha value is -4.00. The van der Waals surface area contributed by atoms with Crippen LogP contribution in [0.1, 0.15) is 21.6 Å². The number of hydrogen-bond acceptors (Lipinski definition) is 5. The van der Waals surface area contributed by atoms with Gasteiger partial charge in [0, 0.05) is 23.2 Å². The van der Waals surface area contributed by atoms with E-state index in [1.807, 2.05) is 30.3 Å². The summed E-state index contributed by atoms with van der Waals surface area (Å²) in [7, 11) is 1.47. The zero-order valence-corrected chi connectivity index (χ0v) is 16.9. The maximum absolute atomic E-state index is 14.8. The number of carbonyl (C=O) groups is 1. The first-order chi connectivity index (χ1) is 15.0. The molecule has 1 amide bonds. The summed E-state index contributed by atoms with van der Waals surface area (Å²) in [6, 6.07) is 15.6. The number of nitrogen functional groups attached to an aromatic ring is 1. The van der Waals surface area contributed by atoms with E-state index in [1.165, 1.54) is 19.2 Å². The van der Waals surface area contributed by atoms with Gasteiger partial charge in [-0.25, -0.2) is 14.4 Å². The highest BCUT2D eigenvalue weighted by Crippen LogP contribution is 2.33. The van der Waals surface area contributed by atoms with Crippen LogP contribution >= 0.6 is 0 Å². The molecule has 0 radical (unpaired) electrons. The van der Waals surface area contributed by atoms with Gasteiger partial charge in [0.1, 0.15) is 23.1 Å². The zero-order chi connectivity index (χ0) is 22.0. The third-order valence-electron chi connectivity index (χ3n) is 5.20. The van der Waals surface area contributed by atoms with Crippen molar-refractivity contribution < 1.29 is 13.9 Å². The van der Waals surface area contributed by atoms with Gasteiger partial charge in [0.2, 0.25) is 0 Å². The van der Waals surface area contributed by atoms with Crippen molar-refractivity contribution in [1.29, 1.82) is 0 Å². The summed E-state index contributed by atoms with van der Waals surface area (Å²) in [5, 5.41) is 0.721. The molecule has 0 aliphatic heterocycles. The average Bonchev–Trinajstić information content (AvgIpc) is 2.77. The Bertz CT molecular complexity index is 1290. The van der Waals surface area contributed by atoms with Gasteiger partial charge in [0.25, 0.3) is 5.91 Å². The van der Waals surface area contributed by atoms with Crippen LogP contribution in [0, 0.1) is 5.82 Å². The minimum absolute atomic E-state index is 0.0753. The molecule has 7 heteroatoms. The number of anilines is 1. The number of fused-ring (bicyclic) bond motifs is 1. The predicted octanol–water partition coefficient (Wildman–Crippen LogP) is 3.91. The van der Waals surface area contributed by atoms with Crippen LogP contribution in [0.3, 0.4) is 0 Å². The molecule has 0 bridgehead atoms. The molecule has 0 spiro atoms. The molecule has 0 saturated carbocycles. The predicted molar refractivity (Wildman–Crippen MR) is 118 cm³/mol. The molecule has 31 heavy (non-hydrogen) atoms. The molecule has 0 unspecified atom stereocenters. The van der Waals surface area contributed by atoms with Gasteiger partial charge in [0.15, 0.2) is 0 Å². The number of ether oxygens (including phenoxy) is 1. The van der Waals surface area contributed by atoms with Gasteiger partial charge in [0.05, 0.1) is 12.6 Å². The van der Waals surface area contributed by atoms with E-state index in [4.69, 9.17) is 16.2 Å². The molecule has 2 aromatic carbocycles. The summed E-state index contributed by atoms with van der Waals surface area (Å²) in [5.41, 5.74) is 14.9. The SMILES string of the molecule is COc1ccc(-c2cc(C(N)=O)nc3cc(CCc4cccnc4N)ccc23)c(F)c1. The summed E-state index contributed by atoms with van der Waals surface area (Å²) in [6.45, 7) is 0. The quantitative estimate of drug-likeness (QED) is 0.496. The van der Waals surface area contributed by atoms with Crippen molar-refractivity contribution >= 4 is 22.6 Å². The largest absolute Gasteiger partial charge is 0.497 e. The Labute approximate surface area is 178 Å². The normalized spacial score (nSPS) is 10.9. The molecular formula is C24H21FN4O2. The number of benzene rings is 2. The van der Waals surface area contributed by atoms with Gasteiger partial charge in [-0.2, -0.15) is 0 Å². The van der Waals surface area contributed by atoms with Crippen LogP contribution in [0.15, 0.2) is 60.8 Å². The fourth-order valence-corrected chi connectivity index (χ4v) is 3.56. The summed E-state index contributed by atoms with van der Waals surface area (Å²) in [4.78, 5) is 20.4. The first kappa shape index (κ1) is 20.3. The average molecular weight is 416 g/mol. The summed E-state index contributed by atoms with van der Waals surface area (Å²) < 4.78 is 19.9. The highest BCUT2D eigenvalue weighted by Gasteiger charge is 2.15. The number of halogens is 1. The number of rotatable bonds is 6. The molecule has 0 saturated heterocycles. The molecule has 0 aliphatic rings. The van der Waals surface area contributed by atoms with E-state index in [9.17, 15) is 9.18 Å². The van der Waals surface area contributed by atoms with E-state index >= 15 is 0 Å². The van der Waals surface area contributed by atoms with Gasteiger partial charge in [-0.3, -0.25) is 4.79 Å². The molecule has 4 aromatic rings. The Morgan fingerprint density at radius 3 is 2.61 bits per heavy atom. The van der Waals surface area contributed by atoms with E-state index < -0.39 is 11.7 Å². The molecule has 0 fully saturated rings. The highest BCUT2D eigenvalue weighted by molar-refractivity contribution is 6.01. The second-order valence-electron chi connectivity index (χ2n) is 7.16. The number of carbonyl (C=O) groups excluding carboxylic acids is 1. The van der Waals surface area contributed by atoms with Crippen molar-refractivity contribution in [2.45, 2.75) is 12.8 Å². The fourth-order valence-electron chi connectivity index (χ4n) is 3.56. The number of nitrogens with zero attached hydrogens (tertiary/aromatic N) is 2. The Balaban J connectivity index is 1.77. The van der Waals surface area contributed by atoms with Crippen molar-refractivity contribution in [2.24, 2.45) is 5.73 Å². The van der Waals surface area contributed by atoms with Crippen LogP contribution < -0.4 is 16.2 Å². The van der Waals surface area contributed by atoms with Crippen LogP contribution in [0.5, 0.6) is 5.75 Å². The van der Waals surface area contributed by atoms with E-state index in [1.54, 1.807) is 18.3 Å². The summed E-state index contributed by atoms with van der Waals surface area (Å²) in [5.74, 6) is -0.217. The molecule has 4 rings (SSSR count). The van der Waals surface area contributed by atoms with Crippen LogP contribution in [-0.4, -0.2) is 23.0 Å². The van der Waals surface area contributed by atoms with Crippen molar-refractivity contribution in [1.82, 2.24) is 9.97 Å². The second-order valence-corrected chi connectivity index (χ2v) is 7.16. The molecule has 0 aliphatic carbocycles. The summed E-state index contributed by atoms with van der Waals surface area (Å²) in [6.07, 6.45) is 3.07. The van der Waals surface area contributed by atoms with Crippen LogP contribution in [0.25, 0.3) is 22.0 Å². The Morgan fingerprint density at radius 2 is 1.90 bits per heavy atom. The number of hydrogen-bond donors (Lipinski definition) is 2. The number of aryl methyl sites for hydroxylation is 2. The highest BCUT2D eigenvalue weighted by atomic mass is 19.1.